The van der Waals surface area contributed by atoms with Gasteiger partial charge in [-0.25, -0.2) is 8.42 Å². The number of sulfone groups is 1. The van der Waals surface area contributed by atoms with E-state index in [0.717, 1.165) is 5.56 Å². The second kappa shape index (κ2) is 7.70. The molecule has 0 spiro atoms. The van der Waals surface area contributed by atoms with Gasteiger partial charge in [-0.15, -0.1) is 0 Å². The zero-order valence-corrected chi connectivity index (χ0v) is 15.9. The van der Waals surface area contributed by atoms with E-state index in [1.807, 2.05) is 6.92 Å². The summed E-state index contributed by atoms with van der Waals surface area (Å²) in [7, 11) is -4.17. The Labute approximate surface area is 163 Å². The van der Waals surface area contributed by atoms with Gasteiger partial charge in [0.15, 0.2) is 5.78 Å². The fourth-order valence-electron chi connectivity index (χ4n) is 2.86. The molecule has 0 aromatic heterocycles. The van der Waals surface area contributed by atoms with Crippen LogP contribution in [0, 0.1) is 12.3 Å². The van der Waals surface area contributed by atoms with E-state index in [1.165, 1.54) is 30.3 Å². The first-order valence-corrected chi connectivity index (χ1v) is 9.94. The highest BCUT2D eigenvalue weighted by Gasteiger charge is 2.30. The summed E-state index contributed by atoms with van der Waals surface area (Å²) in [4.78, 5) is 24.9. The molecule has 140 valence electrons. The van der Waals surface area contributed by atoms with Gasteiger partial charge in [0.1, 0.15) is 0 Å². The predicted molar refractivity (Wildman–Crippen MR) is 106 cm³/mol. The number of ketones is 2. The van der Waals surface area contributed by atoms with Crippen LogP contribution in [0.5, 0.6) is 0 Å². The molecule has 6 heteroatoms. The first kappa shape index (κ1) is 19.4. The molecule has 0 aliphatic heterocycles. The number of benzene rings is 3. The standard InChI is InChI=1S/C22H17NO4S/c1-15-10-12-17(13-11-15)28(26,27)22-18(20(24)14-23)8-5-9-19(22)21(25)16-6-3-2-4-7-16/h2-14,23H,1H3. The Bertz CT molecular complexity index is 1160. The third-order valence-corrected chi connectivity index (χ3v) is 6.16. The van der Waals surface area contributed by atoms with Crippen LogP contribution in [0.4, 0.5) is 0 Å². The van der Waals surface area contributed by atoms with Crippen LogP contribution in [0.3, 0.4) is 0 Å². The molecule has 0 radical (unpaired) electrons. The molecular formula is C22H17NO4S. The summed E-state index contributed by atoms with van der Waals surface area (Å²) in [6.07, 6.45) is 0.542. The minimum Gasteiger partial charge on any atom is -0.305 e. The molecule has 0 aliphatic carbocycles. The summed E-state index contributed by atoms with van der Waals surface area (Å²) >= 11 is 0. The summed E-state index contributed by atoms with van der Waals surface area (Å²) in [5.41, 5.74) is 0.891. The predicted octanol–water partition coefficient (Wildman–Crippen LogP) is 3.89. The van der Waals surface area contributed by atoms with Gasteiger partial charge in [-0.2, -0.15) is 0 Å². The van der Waals surface area contributed by atoms with Crippen molar-refractivity contribution in [2.75, 3.05) is 0 Å². The normalized spacial score (nSPS) is 11.0. The Morgan fingerprint density at radius 3 is 2.04 bits per heavy atom. The van der Waals surface area contributed by atoms with Gasteiger partial charge in [-0.1, -0.05) is 54.1 Å². The maximum atomic E-state index is 13.4. The van der Waals surface area contributed by atoms with Crippen LogP contribution in [0.2, 0.25) is 0 Å². The third kappa shape index (κ3) is 3.54. The Morgan fingerprint density at radius 2 is 1.43 bits per heavy atom. The second-order valence-electron chi connectivity index (χ2n) is 6.20. The highest BCUT2D eigenvalue weighted by molar-refractivity contribution is 7.91. The molecule has 0 aliphatic rings. The molecule has 3 aromatic rings. The van der Waals surface area contributed by atoms with E-state index >= 15 is 0 Å². The lowest BCUT2D eigenvalue weighted by atomic mass is 10.00. The molecule has 0 saturated carbocycles. The lowest BCUT2D eigenvalue weighted by Crippen LogP contribution is -2.16. The van der Waals surface area contributed by atoms with Gasteiger partial charge in [-0.3, -0.25) is 9.59 Å². The number of carbonyl (C=O) groups excluding carboxylic acids is 2. The molecule has 0 saturated heterocycles. The molecule has 1 N–H and O–H groups in total. The molecular weight excluding hydrogens is 374 g/mol. The SMILES string of the molecule is Cc1ccc(S(=O)(=O)c2c(C(=O)C=N)cccc2C(=O)c2ccccc2)cc1. The monoisotopic (exact) mass is 391 g/mol. The largest absolute Gasteiger partial charge is 0.305 e. The fourth-order valence-corrected chi connectivity index (χ4v) is 4.50. The van der Waals surface area contributed by atoms with E-state index in [0.29, 0.717) is 11.8 Å². The quantitative estimate of drug-likeness (QED) is 0.510. The smallest absolute Gasteiger partial charge is 0.208 e. The molecule has 0 fully saturated rings. The van der Waals surface area contributed by atoms with Gasteiger partial charge < -0.3 is 5.41 Å². The summed E-state index contributed by atoms with van der Waals surface area (Å²) in [5.74, 6) is -1.29. The van der Waals surface area contributed by atoms with Crippen molar-refractivity contribution < 1.29 is 18.0 Å². The summed E-state index contributed by atoms with van der Waals surface area (Å²) < 4.78 is 26.7. The van der Waals surface area contributed by atoms with Gasteiger partial charge in [0.2, 0.25) is 15.6 Å². The van der Waals surface area contributed by atoms with Crippen molar-refractivity contribution in [3.63, 3.8) is 0 Å². The second-order valence-corrected chi connectivity index (χ2v) is 8.09. The van der Waals surface area contributed by atoms with E-state index in [9.17, 15) is 18.0 Å². The van der Waals surface area contributed by atoms with Crippen LogP contribution < -0.4 is 0 Å². The number of aryl methyl sites for hydroxylation is 1. The van der Waals surface area contributed by atoms with E-state index in [-0.39, 0.29) is 20.9 Å². The van der Waals surface area contributed by atoms with Gasteiger partial charge in [0.05, 0.1) is 16.0 Å². The topological polar surface area (TPSA) is 92.1 Å². The van der Waals surface area contributed by atoms with Crippen molar-refractivity contribution in [2.24, 2.45) is 0 Å². The van der Waals surface area contributed by atoms with Crippen LogP contribution in [0.25, 0.3) is 0 Å². The van der Waals surface area contributed by atoms with Crippen LogP contribution in [0.1, 0.15) is 31.8 Å². The lowest BCUT2D eigenvalue weighted by Gasteiger charge is -2.14. The average Bonchev–Trinajstić information content (AvgIpc) is 2.73. The van der Waals surface area contributed by atoms with Gasteiger partial charge >= 0.3 is 0 Å². The van der Waals surface area contributed by atoms with Crippen LogP contribution in [-0.4, -0.2) is 26.2 Å². The van der Waals surface area contributed by atoms with Crippen molar-refractivity contribution in [3.8, 4) is 0 Å². The maximum Gasteiger partial charge on any atom is 0.208 e. The number of nitrogens with one attached hydrogen (secondary N) is 1. The molecule has 3 aromatic carbocycles. The number of Topliss-reactive ketones (excluding diaryl/α,β-unsaturated/α-hetero) is 1. The Hall–Kier alpha value is -3.38. The Kier molecular flexibility index (Phi) is 5.33. The minimum atomic E-state index is -4.17. The van der Waals surface area contributed by atoms with Crippen LogP contribution in [-0.2, 0) is 9.84 Å². The van der Waals surface area contributed by atoms with E-state index in [4.69, 9.17) is 5.41 Å². The van der Waals surface area contributed by atoms with Gasteiger partial charge in [0.25, 0.3) is 0 Å². The average molecular weight is 391 g/mol. The van der Waals surface area contributed by atoms with Crippen molar-refractivity contribution in [1.82, 2.24) is 0 Å². The number of rotatable bonds is 6. The molecule has 3 rings (SSSR count). The maximum absolute atomic E-state index is 13.4. The highest BCUT2D eigenvalue weighted by Crippen LogP contribution is 2.30. The van der Waals surface area contributed by atoms with Gasteiger partial charge in [0, 0.05) is 16.7 Å². The summed E-state index contributed by atoms with van der Waals surface area (Å²) in [5, 5.41) is 7.27. The zero-order chi connectivity index (χ0) is 20.3. The number of hydrogen-bond donors (Lipinski definition) is 1. The van der Waals surface area contributed by atoms with Crippen molar-refractivity contribution in [1.29, 1.82) is 5.41 Å². The number of hydrogen-bond acceptors (Lipinski definition) is 5. The fraction of sp³-hybridized carbons (Fsp3) is 0.0455. The summed E-state index contributed by atoms with van der Waals surface area (Å²) in [6.45, 7) is 1.83. The van der Waals surface area contributed by atoms with Crippen LogP contribution >= 0.6 is 0 Å². The first-order chi connectivity index (χ1) is 13.4. The van der Waals surface area contributed by atoms with Crippen molar-refractivity contribution in [3.05, 3.63) is 95.1 Å². The highest BCUT2D eigenvalue weighted by atomic mass is 32.2. The molecule has 5 nitrogen and oxygen atoms in total. The third-order valence-electron chi connectivity index (χ3n) is 4.29. The Balaban J connectivity index is 2.31. The van der Waals surface area contributed by atoms with E-state index < -0.39 is 21.4 Å². The summed E-state index contributed by atoms with van der Waals surface area (Å²) in [6, 6.07) is 18.6. The molecule has 0 unspecified atom stereocenters. The molecule has 0 atom stereocenters. The first-order valence-electron chi connectivity index (χ1n) is 8.45. The number of carbonyl (C=O) groups is 2. The Morgan fingerprint density at radius 1 is 0.821 bits per heavy atom. The van der Waals surface area contributed by atoms with Crippen molar-refractivity contribution >= 4 is 27.6 Å². The molecule has 0 heterocycles. The zero-order valence-electron chi connectivity index (χ0n) is 15.0. The van der Waals surface area contributed by atoms with E-state index in [2.05, 4.69) is 0 Å². The van der Waals surface area contributed by atoms with Gasteiger partial charge in [-0.05, 0) is 31.2 Å². The van der Waals surface area contributed by atoms with Crippen LogP contribution in [0.15, 0.2) is 82.6 Å². The van der Waals surface area contributed by atoms with Crippen molar-refractivity contribution in [2.45, 2.75) is 16.7 Å². The lowest BCUT2D eigenvalue weighted by molar-refractivity contribution is 0.103. The minimum absolute atomic E-state index is 0.0227. The molecule has 0 amide bonds. The molecule has 0 bridgehead atoms. The van der Waals surface area contributed by atoms with E-state index in [1.54, 1.807) is 42.5 Å². The molecule has 28 heavy (non-hydrogen) atoms.